The summed E-state index contributed by atoms with van der Waals surface area (Å²) in [6.45, 7) is 1.01. The molecule has 0 fully saturated rings. The summed E-state index contributed by atoms with van der Waals surface area (Å²) in [5.74, 6) is -1.05. The number of rotatable bonds is 5. The highest BCUT2D eigenvalue weighted by Gasteiger charge is 2.18. The minimum Gasteiger partial charge on any atom is -0.495 e. The Bertz CT molecular complexity index is 814. The Morgan fingerprint density at radius 1 is 1.20 bits per heavy atom. The third kappa shape index (κ3) is 4.84. The first-order chi connectivity index (χ1) is 11.8. The predicted molar refractivity (Wildman–Crippen MR) is 96.1 cm³/mol. The maximum Gasteiger partial charge on any atom is 0.244 e. The van der Waals surface area contributed by atoms with E-state index < -0.39 is 17.6 Å². The van der Waals surface area contributed by atoms with Crippen molar-refractivity contribution >= 4 is 46.4 Å². The number of benzene rings is 2. The van der Waals surface area contributed by atoms with Crippen molar-refractivity contribution in [2.24, 2.45) is 0 Å². The predicted octanol–water partition coefficient (Wildman–Crippen LogP) is 4.13. The number of carbonyl (C=O) groups is 2. The molecule has 0 radical (unpaired) electrons. The van der Waals surface area contributed by atoms with Crippen LogP contribution in [-0.4, -0.2) is 25.5 Å². The van der Waals surface area contributed by atoms with E-state index in [4.69, 9.17) is 27.9 Å². The lowest BCUT2D eigenvalue weighted by molar-refractivity contribution is -0.120. The zero-order valence-electron chi connectivity index (χ0n) is 13.5. The van der Waals surface area contributed by atoms with Gasteiger partial charge in [-0.05, 0) is 36.4 Å². The highest BCUT2D eigenvalue weighted by molar-refractivity contribution is 6.31. The summed E-state index contributed by atoms with van der Waals surface area (Å²) in [7, 11) is 1.46. The van der Waals surface area contributed by atoms with E-state index in [9.17, 15) is 14.0 Å². The third-order valence-electron chi connectivity index (χ3n) is 3.33. The highest BCUT2D eigenvalue weighted by atomic mass is 35.5. The number of nitrogens with one attached hydrogen (secondary N) is 1. The van der Waals surface area contributed by atoms with Crippen LogP contribution in [0.3, 0.4) is 0 Å². The fourth-order valence-electron chi connectivity index (χ4n) is 2.15. The monoisotopic (exact) mass is 384 g/mol. The second kappa shape index (κ2) is 8.18. The minimum atomic E-state index is -0.609. The van der Waals surface area contributed by atoms with E-state index in [2.05, 4.69) is 5.32 Å². The summed E-state index contributed by atoms with van der Waals surface area (Å²) in [6.07, 6.45) is 0. The molecule has 0 spiro atoms. The molecular formula is C17H15Cl2FN2O3. The average molecular weight is 385 g/mol. The van der Waals surface area contributed by atoms with Crippen LogP contribution in [0.5, 0.6) is 5.75 Å². The molecule has 8 heteroatoms. The Labute approximate surface area is 154 Å². The van der Waals surface area contributed by atoms with Gasteiger partial charge >= 0.3 is 0 Å². The van der Waals surface area contributed by atoms with Crippen molar-refractivity contribution < 1.29 is 18.7 Å². The van der Waals surface area contributed by atoms with Gasteiger partial charge in [0.25, 0.3) is 0 Å². The van der Waals surface area contributed by atoms with Gasteiger partial charge in [0.15, 0.2) is 0 Å². The average Bonchev–Trinajstić information content (AvgIpc) is 2.55. The Balaban J connectivity index is 2.20. The van der Waals surface area contributed by atoms with E-state index >= 15 is 0 Å². The number of amides is 2. The maximum absolute atomic E-state index is 13.3. The Hall–Kier alpha value is -2.31. The van der Waals surface area contributed by atoms with Crippen molar-refractivity contribution in [3.8, 4) is 5.75 Å². The lowest BCUT2D eigenvalue weighted by Crippen LogP contribution is -2.36. The number of hydrogen-bond acceptors (Lipinski definition) is 3. The standard InChI is InChI=1S/C17H15Cl2FN2O3/c1-10(23)22(12-4-5-14(20)13(19)8-12)9-17(24)21-15-7-11(18)3-6-16(15)25-2/h3-8H,9H2,1-2H3,(H,21,24). The van der Waals surface area contributed by atoms with Gasteiger partial charge in [0.05, 0.1) is 17.8 Å². The van der Waals surface area contributed by atoms with Crippen LogP contribution in [0.15, 0.2) is 36.4 Å². The van der Waals surface area contributed by atoms with Crippen LogP contribution in [0.1, 0.15) is 6.92 Å². The number of hydrogen-bond donors (Lipinski definition) is 1. The molecule has 0 bridgehead atoms. The summed E-state index contributed by atoms with van der Waals surface area (Å²) in [4.78, 5) is 25.4. The van der Waals surface area contributed by atoms with Crippen LogP contribution in [0.4, 0.5) is 15.8 Å². The minimum absolute atomic E-state index is 0.138. The molecule has 0 unspecified atom stereocenters. The zero-order valence-corrected chi connectivity index (χ0v) is 15.0. The highest BCUT2D eigenvalue weighted by Crippen LogP contribution is 2.28. The van der Waals surface area contributed by atoms with Crippen LogP contribution in [0.2, 0.25) is 10.0 Å². The molecule has 2 amide bonds. The molecule has 2 aromatic rings. The Kier molecular flexibility index (Phi) is 6.22. The third-order valence-corrected chi connectivity index (χ3v) is 3.86. The fourth-order valence-corrected chi connectivity index (χ4v) is 2.50. The Morgan fingerprint density at radius 3 is 2.52 bits per heavy atom. The second-order valence-corrected chi connectivity index (χ2v) is 5.94. The van der Waals surface area contributed by atoms with E-state index in [0.717, 1.165) is 6.07 Å². The Morgan fingerprint density at radius 2 is 1.92 bits per heavy atom. The van der Waals surface area contributed by atoms with Gasteiger partial charge in [0.1, 0.15) is 18.1 Å². The van der Waals surface area contributed by atoms with Crippen molar-refractivity contribution in [3.05, 3.63) is 52.3 Å². The summed E-state index contributed by atoms with van der Waals surface area (Å²) in [5.41, 5.74) is 0.688. The van der Waals surface area contributed by atoms with Crippen molar-refractivity contribution in [2.75, 3.05) is 23.9 Å². The molecule has 0 heterocycles. The van der Waals surface area contributed by atoms with Gasteiger partial charge in [-0.1, -0.05) is 23.2 Å². The SMILES string of the molecule is COc1ccc(Cl)cc1NC(=O)CN(C(C)=O)c1ccc(F)c(Cl)c1. The molecule has 2 aromatic carbocycles. The molecule has 0 aliphatic rings. The molecule has 25 heavy (non-hydrogen) atoms. The van der Waals surface area contributed by atoms with Crippen LogP contribution in [-0.2, 0) is 9.59 Å². The number of anilines is 2. The summed E-state index contributed by atoms with van der Waals surface area (Å²) < 4.78 is 18.4. The molecule has 1 N–H and O–H groups in total. The lowest BCUT2D eigenvalue weighted by Gasteiger charge is -2.21. The van der Waals surface area contributed by atoms with E-state index in [1.807, 2.05) is 0 Å². The first-order valence-electron chi connectivity index (χ1n) is 7.18. The van der Waals surface area contributed by atoms with E-state index in [-0.39, 0.29) is 11.6 Å². The molecule has 5 nitrogen and oxygen atoms in total. The topological polar surface area (TPSA) is 58.6 Å². The first kappa shape index (κ1) is 19.0. The van der Waals surface area contributed by atoms with Crippen LogP contribution < -0.4 is 15.0 Å². The van der Waals surface area contributed by atoms with Gasteiger partial charge in [-0.3, -0.25) is 9.59 Å². The largest absolute Gasteiger partial charge is 0.495 e. The number of ether oxygens (including phenoxy) is 1. The fraction of sp³-hybridized carbons (Fsp3) is 0.176. The smallest absolute Gasteiger partial charge is 0.244 e. The lowest BCUT2D eigenvalue weighted by atomic mass is 10.2. The summed E-state index contributed by atoms with van der Waals surface area (Å²) >= 11 is 11.7. The molecule has 132 valence electrons. The molecule has 2 rings (SSSR count). The molecule has 0 aliphatic heterocycles. The van der Waals surface area contributed by atoms with Gasteiger partial charge in [-0.2, -0.15) is 0 Å². The molecular weight excluding hydrogens is 370 g/mol. The van der Waals surface area contributed by atoms with Gasteiger partial charge in [0, 0.05) is 17.6 Å². The number of carbonyl (C=O) groups excluding carboxylic acids is 2. The quantitative estimate of drug-likeness (QED) is 0.842. The van der Waals surface area contributed by atoms with Gasteiger partial charge < -0.3 is 15.0 Å². The van der Waals surface area contributed by atoms with E-state index in [1.54, 1.807) is 12.1 Å². The maximum atomic E-state index is 13.3. The summed E-state index contributed by atoms with van der Waals surface area (Å²) in [5, 5.41) is 2.92. The molecule has 0 aromatic heterocycles. The van der Waals surface area contributed by atoms with Crippen molar-refractivity contribution in [2.45, 2.75) is 6.92 Å². The number of halogens is 3. The first-order valence-corrected chi connectivity index (χ1v) is 7.94. The van der Waals surface area contributed by atoms with Crippen molar-refractivity contribution in [1.29, 1.82) is 0 Å². The normalized spacial score (nSPS) is 10.3. The zero-order chi connectivity index (χ0) is 18.6. The van der Waals surface area contributed by atoms with Crippen LogP contribution in [0, 0.1) is 5.82 Å². The molecule has 0 atom stereocenters. The number of methoxy groups -OCH3 is 1. The van der Waals surface area contributed by atoms with Gasteiger partial charge in [0.2, 0.25) is 11.8 Å². The van der Waals surface area contributed by atoms with Crippen molar-refractivity contribution in [3.63, 3.8) is 0 Å². The van der Waals surface area contributed by atoms with Gasteiger partial charge in [-0.15, -0.1) is 0 Å². The number of nitrogens with zero attached hydrogens (tertiary/aromatic N) is 1. The molecule has 0 saturated heterocycles. The molecule has 0 saturated carbocycles. The van der Waals surface area contributed by atoms with Crippen LogP contribution in [0.25, 0.3) is 0 Å². The van der Waals surface area contributed by atoms with E-state index in [1.165, 1.54) is 37.1 Å². The summed E-state index contributed by atoms with van der Waals surface area (Å²) in [6, 6.07) is 8.55. The molecule has 0 aliphatic carbocycles. The second-order valence-electron chi connectivity index (χ2n) is 5.10. The van der Waals surface area contributed by atoms with Gasteiger partial charge in [-0.25, -0.2) is 4.39 Å². The van der Waals surface area contributed by atoms with E-state index in [0.29, 0.717) is 22.1 Å². The van der Waals surface area contributed by atoms with Crippen molar-refractivity contribution in [1.82, 2.24) is 0 Å². The van der Waals surface area contributed by atoms with Crippen LogP contribution >= 0.6 is 23.2 Å².